The molecule has 0 aromatic heterocycles. The van der Waals surface area contributed by atoms with Crippen LogP contribution in [-0.4, -0.2) is 12.6 Å². The zero-order chi connectivity index (χ0) is 15.4. The van der Waals surface area contributed by atoms with Crippen LogP contribution in [0.2, 0.25) is 0 Å². The second-order valence-corrected chi connectivity index (χ2v) is 5.11. The van der Waals surface area contributed by atoms with E-state index in [1.165, 1.54) is 12.1 Å². The summed E-state index contributed by atoms with van der Waals surface area (Å²) in [6, 6.07) is 11.2. The second kappa shape index (κ2) is 6.68. The maximum absolute atomic E-state index is 14.1. The van der Waals surface area contributed by atoms with Crippen LogP contribution in [0.5, 0.6) is 0 Å². The number of hydrogen-bond donors (Lipinski definition) is 1. The summed E-state index contributed by atoms with van der Waals surface area (Å²) >= 11 is 0. The average Bonchev–Trinajstić information content (AvgIpc) is 2.44. The largest absolute Gasteiger partial charge is 0.339 e. The summed E-state index contributed by atoms with van der Waals surface area (Å²) in [6.07, 6.45) is 0.410. The molecule has 2 rings (SSSR count). The molecule has 1 unspecified atom stereocenters. The second-order valence-electron chi connectivity index (χ2n) is 5.11. The summed E-state index contributed by atoms with van der Waals surface area (Å²) in [5.41, 5.74) is 7.45. The van der Waals surface area contributed by atoms with Crippen LogP contribution in [0.25, 0.3) is 0 Å². The molecule has 112 valence electrons. The highest BCUT2D eigenvalue weighted by Gasteiger charge is 2.18. The lowest BCUT2D eigenvalue weighted by atomic mass is 10.0. The Hall–Kier alpha value is -1.94. The summed E-state index contributed by atoms with van der Waals surface area (Å²) in [4.78, 5) is 1.77. The predicted molar refractivity (Wildman–Crippen MR) is 82.8 cm³/mol. The van der Waals surface area contributed by atoms with Gasteiger partial charge in [0.05, 0.1) is 5.69 Å². The third-order valence-corrected chi connectivity index (χ3v) is 3.37. The van der Waals surface area contributed by atoms with E-state index in [0.717, 1.165) is 0 Å². The van der Waals surface area contributed by atoms with Gasteiger partial charge in [0.15, 0.2) is 0 Å². The maximum Gasteiger partial charge on any atom is 0.146 e. The molecule has 21 heavy (non-hydrogen) atoms. The number of benzene rings is 2. The van der Waals surface area contributed by atoms with Crippen molar-refractivity contribution < 1.29 is 8.78 Å². The Balaban J connectivity index is 2.53. The van der Waals surface area contributed by atoms with E-state index < -0.39 is 0 Å². The number of rotatable bonds is 5. The minimum absolute atomic E-state index is 0.167. The smallest absolute Gasteiger partial charge is 0.146 e. The van der Waals surface area contributed by atoms with Crippen molar-refractivity contribution in [1.29, 1.82) is 0 Å². The lowest BCUT2D eigenvalue weighted by molar-refractivity contribution is 0.594. The van der Waals surface area contributed by atoms with Crippen molar-refractivity contribution in [2.24, 2.45) is 5.73 Å². The van der Waals surface area contributed by atoms with Gasteiger partial charge in [-0.1, -0.05) is 18.2 Å². The molecule has 2 nitrogen and oxygen atoms in total. The number of nitrogens with zero attached hydrogens (tertiary/aromatic N) is 1. The van der Waals surface area contributed by atoms with Crippen molar-refractivity contribution in [3.63, 3.8) is 0 Å². The van der Waals surface area contributed by atoms with Gasteiger partial charge >= 0.3 is 0 Å². The Morgan fingerprint density at radius 3 is 2.24 bits per heavy atom. The predicted octanol–water partition coefficient (Wildman–Crippen LogP) is 4.01. The summed E-state index contributed by atoms with van der Waals surface area (Å²) in [5, 5.41) is 0. The fourth-order valence-electron chi connectivity index (χ4n) is 2.47. The molecule has 4 heteroatoms. The van der Waals surface area contributed by atoms with Gasteiger partial charge in [-0.15, -0.1) is 0 Å². The topological polar surface area (TPSA) is 29.3 Å². The third-order valence-electron chi connectivity index (χ3n) is 3.37. The molecule has 2 N–H and O–H groups in total. The molecule has 0 saturated carbocycles. The van der Waals surface area contributed by atoms with E-state index >= 15 is 0 Å². The number of nitrogens with two attached hydrogens (primary N) is 1. The van der Waals surface area contributed by atoms with Crippen LogP contribution in [0.4, 0.5) is 20.2 Å². The fraction of sp³-hybridized carbons (Fsp3) is 0.294. The first-order valence-electron chi connectivity index (χ1n) is 7.09. The Kier molecular flexibility index (Phi) is 4.91. The minimum Gasteiger partial charge on any atom is -0.339 e. The van der Waals surface area contributed by atoms with Crippen LogP contribution in [0.15, 0.2) is 42.5 Å². The van der Waals surface area contributed by atoms with E-state index in [-0.39, 0.29) is 17.7 Å². The van der Waals surface area contributed by atoms with Crippen molar-refractivity contribution >= 4 is 11.4 Å². The summed E-state index contributed by atoms with van der Waals surface area (Å²) in [6.45, 7) is 4.28. The van der Waals surface area contributed by atoms with Crippen molar-refractivity contribution in [3.05, 3.63) is 59.7 Å². The lowest BCUT2D eigenvalue weighted by Crippen LogP contribution is -2.23. The van der Waals surface area contributed by atoms with Gasteiger partial charge < -0.3 is 10.6 Å². The normalized spacial score (nSPS) is 12.2. The van der Waals surface area contributed by atoms with Crippen molar-refractivity contribution in [2.75, 3.05) is 11.4 Å². The highest BCUT2D eigenvalue weighted by molar-refractivity contribution is 5.67. The highest BCUT2D eigenvalue weighted by atomic mass is 19.1. The molecule has 2 aromatic carbocycles. The van der Waals surface area contributed by atoms with Gasteiger partial charge in [0.2, 0.25) is 0 Å². The molecule has 0 amide bonds. The van der Waals surface area contributed by atoms with Crippen LogP contribution < -0.4 is 10.6 Å². The van der Waals surface area contributed by atoms with Crippen LogP contribution >= 0.6 is 0 Å². The third kappa shape index (κ3) is 3.39. The van der Waals surface area contributed by atoms with Gasteiger partial charge in [-0.2, -0.15) is 0 Å². The van der Waals surface area contributed by atoms with Gasteiger partial charge in [0, 0.05) is 23.8 Å². The maximum atomic E-state index is 14.1. The van der Waals surface area contributed by atoms with Gasteiger partial charge in [-0.05, 0) is 44.5 Å². The molecular formula is C17H20F2N2. The quantitative estimate of drug-likeness (QED) is 0.901. The Labute approximate surface area is 124 Å². The SMILES string of the molecule is CCN(c1ccccc1F)c1cccc(F)c1CC(C)N. The molecule has 0 saturated heterocycles. The Morgan fingerprint density at radius 2 is 1.62 bits per heavy atom. The molecule has 0 aliphatic rings. The van der Waals surface area contributed by atoms with Crippen LogP contribution in [0, 0.1) is 11.6 Å². The monoisotopic (exact) mass is 290 g/mol. The standard InChI is InChI=1S/C17H20F2N2/c1-3-21(17-9-5-4-7-15(17)19)16-10-6-8-14(18)13(16)11-12(2)20/h4-10,12H,3,11,20H2,1-2H3. The molecule has 0 radical (unpaired) electrons. The average molecular weight is 290 g/mol. The van der Waals surface area contributed by atoms with Crippen molar-refractivity contribution in [2.45, 2.75) is 26.3 Å². The lowest BCUT2D eigenvalue weighted by Gasteiger charge is -2.27. The van der Waals surface area contributed by atoms with Crippen LogP contribution in [-0.2, 0) is 6.42 Å². The minimum atomic E-state index is -0.324. The van der Waals surface area contributed by atoms with Crippen LogP contribution in [0.1, 0.15) is 19.4 Å². The summed E-state index contributed by atoms with van der Waals surface area (Å²) in [5.74, 6) is -0.630. The van der Waals surface area contributed by atoms with E-state index in [0.29, 0.717) is 29.9 Å². The fourth-order valence-corrected chi connectivity index (χ4v) is 2.47. The summed E-state index contributed by atoms with van der Waals surface area (Å²) < 4.78 is 28.2. The van der Waals surface area contributed by atoms with Crippen molar-refractivity contribution in [3.8, 4) is 0 Å². The molecule has 0 bridgehead atoms. The van der Waals surface area contributed by atoms with E-state index in [1.807, 2.05) is 13.8 Å². The number of para-hydroxylation sites is 1. The first kappa shape index (κ1) is 15.4. The highest BCUT2D eigenvalue weighted by Crippen LogP contribution is 2.32. The van der Waals surface area contributed by atoms with E-state index in [4.69, 9.17) is 5.73 Å². The number of anilines is 2. The van der Waals surface area contributed by atoms with E-state index in [2.05, 4.69) is 0 Å². The number of hydrogen-bond acceptors (Lipinski definition) is 2. The van der Waals surface area contributed by atoms with E-state index in [1.54, 1.807) is 35.2 Å². The molecule has 0 aliphatic heterocycles. The van der Waals surface area contributed by atoms with Gasteiger partial charge in [0.25, 0.3) is 0 Å². The van der Waals surface area contributed by atoms with Gasteiger partial charge in [-0.25, -0.2) is 8.78 Å². The first-order valence-corrected chi connectivity index (χ1v) is 7.09. The molecule has 0 heterocycles. The van der Waals surface area contributed by atoms with Gasteiger partial charge in [0.1, 0.15) is 11.6 Å². The zero-order valence-electron chi connectivity index (χ0n) is 12.3. The Morgan fingerprint density at radius 1 is 1.00 bits per heavy atom. The molecule has 2 aromatic rings. The summed E-state index contributed by atoms with van der Waals surface area (Å²) in [7, 11) is 0. The molecule has 0 aliphatic carbocycles. The first-order chi connectivity index (χ1) is 10.0. The molecule has 0 spiro atoms. The van der Waals surface area contributed by atoms with E-state index in [9.17, 15) is 8.78 Å². The zero-order valence-corrected chi connectivity index (χ0v) is 12.3. The Bertz CT molecular complexity index is 611. The molecule has 1 atom stereocenters. The number of halogens is 2. The van der Waals surface area contributed by atoms with Crippen LogP contribution in [0.3, 0.4) is 0 Å². The van der Waals surface area contributed by atoms with Gasteiger partial charge in [-0.3, -0.25) is 0 Å². The molecular weight excluding hydrogens is 270 g/mol. The van der Waals surface area contributed by atoms with Crippen molar-refractivity contribution in [1.82, 2.24) is 0 Å². The molecule has 0 fully saturated rings.